The maximum atomic E-state index is 13.2. The summed E-state index contributed by atoms with van der Waals surface area (Å²) in [6.45, 7) is 0.973. The van der Waals surface area contributed by atoms with E-state index in [1.165, 1.54) is 30.9 Å². The standard InChI is InChI=1S/C40H41N9O8/c1-47-21-24-9-4-5-11-27(24)48(2)35-29(47)20-43-40(46-35)44-26-14-13-23(19-31(26)56-3)36(52)42-18-7-6-17-41-33(51)22-57-30-12-8-10-25-34(30)39(55)49(38(25)54)28-15-16-32(50)45-37(28)53/h4-5,8-14,19-20,28H,6-7,15-18,21-22H2,1-3H3,(H,41,51)(H,42,52)(H,43,44,46)(H,45,50,53). The summed E-state index contributed by atoms with van der Waals surface area (Å²) in [5.41, 5.74) is 4.13. The van der Waals surface area contributed by atoms with Crippen LogP contribution in [-0.2, 0) is 20.9 Å². The van der Waals surface area contributed by atoms with Gasteiger partial charge in [0.2, 0.25) is 17.8 Å². The number of hydrogen-bond acceptors (Lipinski definition) is 13. The highest BCUT2D eigenvalue weighted by Crippen LogP contribution is 2.39. The molecule has 0 spiro atoms. The number of nitrogens with zero attached hydrogens (tertiary/aromatic N) is 5. The summed E-state index contributed by atoms with van der Waals surface area (Å²) in [4.78, 5) is 90.1. The maximum Gasteiger partial charge on any atom is 0.266 e. The van der Waals surface area contributed by atoms with E-state index < -0.39 is 42.2 Å². The van der Waals surface area contributed by atoms with Crippen molar-refractivity contribution in [1.29, 1.82) is 0 Å². The Morgan fingerprint density at radius 1 is 0.912 bits per heavy atom. The Morgan fingerprint density at radius 3 is 2.49 bits per heavy atom. The van der Waals surface area contributed by atoms with E-state index in [9.17, 15) is 28.8 Å². The Hall–Kier alpha value is -7.04. The van der Waals surface area contributed by atoms with Crippen LogP contribution < -0.4 is 40.5 Å². The number of fused-ring (bicyclic) bond motifs is 3. The summed E-state index contributed by atoms with van der Waals surface area (Å²) in [6, 6.07) is 16.5. The highest BCUT2D eigenvalue weighted by Gasteiger charge is 2.46. The van der Waals surface area contributed by atoms with E-state index in [0.29, 0.717) is 48.9 Å². The van der Waals surface area contributed by atoms with E-state index in [0.717, 1.165) is 28.6 Å². The first kappa shape index (κ1) is 38.2. The monoisotopic (exact) mass is 775 g/mol. The highest BCUT2D eigenvalue weighted by molar-refractivity contribution is 6.24. The van der Waals surface area contributed by atoms with Gasteiger partial charge in [-0.2, -0.15) is 4.98 Å². The van der Waals surface area contributed by atoms with Crippen molar-refractivity contribution in [3.63, 3.8) is 0 Å². The number of amides is 6. The molecule has 4 N–H and O–H groups in total. The predicted molar refractivity (Wildman–Crippen MR) is 208 cm³/mol. The number of unbranched alkanes of at least 4 members (excludes halogenated alkanes) is 1. The number of piperidine rings is 1. The van der Waals surface area contributed by atoms with Crippen LogP contribution in [0.25, 0.3) is 0 Å². The van der Waals surface area contributed by atoms with Crippen LogP contribution in [0.2, 0.25) is 0 Å². The molecule has 3 aliphatic rings. The third kappa shape index (κ3) is 7.89. The fraction of sp³-hybridized carbons (Fsp3) is 0.300. The molecule has 3 aromatic carbocycles. The minimum atomic E-state index is -1.11. The van der Waals surface area contributed by atoms with Crippen LogP contribution in [0.1, 0.15) is 62.3 Å². The molecule has 3 aliphatic heterocycles. The number of benzene rings is 3. The quantitative estimate of drug-likeness (QED) is 0.114. The minimum absolute atomic E-state index is 0.00212. The summed E-state index contributed by atoms with van der Waals surface area (Å²) in [6.07, 6.45) is 2.95. The van der Waals surface area contributed by atoms with Crippen LogP contribution in [0, 0.1) is 0 Å². The molecule has 4 heterocycles. The zero-order chi connectivity index (χ0) is 40.2. The second-order valence-corrected chi connectivity index (χ2v) is 13.7. The summed E-state index contributed by atoms with van der Waals surface area (Å²) < 4.78 is 11.2. The molecule has 4 aromatic rings. The van der Waals surface area contributed by atoms with Crippen molar-refractivity contribution in [1.82, 2.24) is 30.8 Å². The Labute approximate surface area is 327 Å². The molecule has 0 radical (unpaired) electrons. The van der Waals surface area contributed by atoms with E-state index in [1.54, 1.807) is 24.4 Å². The van der Waals surface area contributed by atoms with Gasteiger partial charge in [0.05, 0.1) is 35.8 Å². The molecule has 1 aromatic heterocycles. The highest BCUT2D eigenvalue weighted by atomic mass is 16.5. The van der Waals surface area contributed by atoms with Gasteiger partial charge in [0.1, 0.15) is 17.5 Å². The summed E-state index contributed by atoms with van der Waals surface area (Å²) >= 11 is 0. The summed E-state index contributed by atoms with van der Waals surface area (Å²) in [7, 11) is 5.50. The Bertz CT molecular complexity index is 2280. The molecule has 1 unspecified atom stereocenters. The largest absolute Gasteiger partial charge is 0.495 e. The molecule has 0 aliphatic carbocycles. The van der Waals surface area contributed by atoms with E-state index >= 15 is 0 Å². The van der Waals surface area contributed by atoms with Gasteiger partial charge in [-0.25, -0.2) is 4.98 Å². The van der Waals surface area contributed by atoms with Gasteiger partial charge in [-0.15, -0.1) is 0 Å². The Morgan fingerprint density at radius 2 is 1.70 bits per heavy atom. The summed E-state index contributed by atoms with van der Waals surface area (Å²) in [5, 5.41) is 11.0. The lowest BCUT2D eigenvalue weighted by Crippen LogP contribution is -2.54. The van der Waals surface area contributed by atoms with Crippen LogP contribution in [0.4, 0.5) is 28.8 Å². The topological polar surface area (TPSA) is 204 Å². The number of anilines is 5. The van der Waals surface area contributed by atoms with Crippen molar-refractivity contribution < 1.29 is 38.2 Å². The molecule has 7 rings (SSSR count). The number of rotatable bonds is 13. The van der Waals surface area contributed by atoms with Gasteiger partial charge in [-0.3, -0.25) is 39.0 Å². The van der Waals surface area contributed by atoms with Gasteiger partial charge in [0.25, 0.3) is 23.6 Å². The smallest absolute Gasteiger partial charge is 0.266 e. The van der Waals surface area contributed by atoms with E-state index in [4.69, 9.17) is 14.5 Å². The second-order valence-electron chi connectivity index (χ2n) is 13.7. The first-order valence-electron chi connectivity index (χ1n) is 18.4. The molecule has 57 heavy (non-hydrogen) atoms. The molecular weight excluding hydrogens is 734 g/mol. The lowest BCUT2D eigenvalue weighted by atomic mass is 10.0. The molecule has 6 amide bonds. The van der Waals surface area contributed by atoms with E-state index in [2.05, 4.69) is 43.3 Å². The van der Waals surface area contributed by atoms with E-state index in [-0.39, 0.29) is 35.6 Å². The molecule has 1 fully saturated rings. The number of aromatic nitrogens is 2. The SMILES string of the molecule is COc1cc(C(=O)NCCCCNC(=O)COc2cccc3c2C(=O)N(C2CCC(=O)NC2=O)C3=O)ccc1Nc1ncc2c(n1)N(C)c1ccccc1CN2C. The Kier molecular flexibility index (Phi) is 11.0. The van der Waals surface area contributed by atoms with Gasteiger partial charge in [0, 0.05) is 51.4 Å². The zero-order valence-electron chi connectivity index (χ0n) is 31.6. The fourth-order valence-corrected chi connectivity index (χ4v) is 7.01. The molecule has 17 nitrogen and oxygen atoms in total. The van der Waals surface area contributed by atoms with Crippen molar-refractivity contribution in [2.45, 2.75) is 38.3 Å². The van der Waals surface area contributed by atoms with Crippen LogP contribution in [0.15, 0.2) is 66.9 Å². The van der Waals surface area contributed by atoms with Gasteiger partial charge >= 0.3 is 0 Å². The second kappa shape index (κ2) is 16.4. The molecular formula is C40H41N9O8. The Balaban J connectivity index is 0.861. The number of nitrogens with one attached hydrogen (secondary N) is 4. The molecule has 1 atom stereocenters. The third-order valence-electron chi connectivity index (χ3n) is 9.95. The lowest BCUT2D eigenvalue weighted by molar-refractivity contribution is -0.136. The van der Waals surface area contributed by atoms with Crippen molar-refractivity contribution in [2.24, 2.45) is 0 Å². The van der Waals surface area contributed by atoms with Gasteiger partial charge in [0.15, 0.2) is 12.4 Å². The minimum Gasteiger partial charge on any atom is -0.495 e. The lowest BCUT2D eigenvalue weighted by Gasteiger charge is -2.27. The van der Waals surface area contributed by atoms with Crippen molar-refractivity contribution >= 4 is 64.3 Å². The number of imide groups is 2. The zero-order valence-corrected chi connectivity index (χ0v) is 31.6. The number of hydrogen-bond donors (Lipinski definition) is 4. The van der Waals surface area contributed by atoms with Gasteiger partial charge < -0.3 is 35.2 Å². The molecule has 294 valence electrons. The normalized spacial score (nSPS) is 15.9. The predicted octanol–water partition coefficient (Wildman–Crippen LogP) is 3.05. The van der Waals surface area contributed by atoms with Crippen LogP contribution >= 0.6 is 0 Å². The van der Waals surface area contributed by atoms with Gasteiger partial charge in [-0.05, 0) is 61.2 Å². The van der Waals surface area contributed by atoms with Gasteiger partial charge in [-0.1, -0.05) is 24.3 Å². The van der Waals surface area contributed by atoms with E-state index in [1.807, 2.05) is 31.1 Å². The third-order valence-corrected chi connectivity index (χ3v) is 9.95. The van der Waals surface area contributed by atoms with Crippen LogP contribution in [-0.4, -0.2) is 97.3 Å². The molecule has 17 heteroatoms. The van der Waals surface area contributed by atoms with Crippen LogP contribution in [0.3, 0.4) is 0 Å². The number of methoxy groups -OCH3 is 1. The summed E-state index contributed by atoms with van der Waals surface area (Å²) in [5.74, 6) is -1.72. The van der Waals surface area contributed by atoms with Crippen molar-refractivity contribution in [2.75, 3.05) is 56.0 Å². The van der Waals surface area contributed by atoms with Crippen molar-refractivity contribution in [3.05, 3.63) is 89.1 Å². The van der Waals surface area contributed by atoms with Crippen molar-refractivity contribution in [3.8, 4) is 11.5 Å². The number of carbonyl (C=O) groups excluding carboxylic acids is 6. The molecule has 1 saturated heterocycles. The number of ether oxygens (including phenoxy) is 2. The first-order valence-corrected chi connectivity index (χ1v) is 18.4. The fourth-order valence-electron chi connectivity index (χ4n) is 7.01. The molecule has 0 bridgehead atoms. The average molecular weight is 776 g/mol. The average Bonchev–Trinajstić information content (AvgIpc) is 3.40. The maximum absolute atomic E-state index is 13.2. The van der Waals surface area contributed by atoms with Crippen LogP contribution in [0.5, 0.6) is 11.5 Å². The number of carbonyl (C=O) groups is 6. The number of para-hydroxylation sites is 1. The molecule has 0 saturated carbocycles. The first-order chi connectivity index (χ1) is 27.5.